The standard InChI is InChI=1S/C14H20N2O2S/c1-10-8-16(9-11(2)18-10)14(19)15-12-4-6-13(17-3)7-5-12/h4-7,10-11H,8-9H2,1-3H3,(H,15,19)/t10-,11-/m0/s1. The molecule has 0 unspecified atom stereocenters. The van der Waals surface area contributed by atoms with Crippen LogP contribution < -0.4 is 10.1 Å². The highest BCUT2D eigenvalue weighted by Gasteiger charge is 2.23. The number of morpholine rings is 1. The van der Waals surface area contributed by atoms with Gasteiger partial charge in [0.2, 0.25) is 0 Å². The van der Waals surface area contributed by atoms with Gasteiger partial charge in [0.25, 0.3) is 0 Å². The maximum absolute atomic E-state index is 5.70. The molecule has 1 saturated heterocycles. The van der Waals surface area contributed by atoms with E-state index in [2.05, 4.69) is 24.1 Å². The van der Waals surface area contributed by atoms with Crippen molar-refractivity contribution >= 4 is 23.0 Å². The van der Waals surface area contributed by atoms with E-state index in [-0.39, 0.29) is 12.2 Å². The molecule has 0 saturated carbocycles. The van der Waals surface area contributed by atoms with E-state index in [4.69, 9.17) is 21.7 Å². The molecule has 0 aliphatic carbocycles. The zero-order valence-electron chi connectivity index (χ0n) is 11.6. The molecule has 1 fully saturated rings. The molecule has 5 heteroatoms. The van der Waals surface area contributed by atoms with E-state index in [0.717, 1.165) is 29.6 Å². The van der Waals surface area contributed by atoms with Crippen LogP contribution in [0, 0.1) is 0 Å². The molecule has 0 amide bonds. The van der Waals surface area contributed by atoms with Gasteiger partial charge in [-0.05, 0) is 50.3 Å². The molecule has 0 radical (unpaired) electrons. The number of ether oxygens (including phenoxy) is 2. The summed E-state index contributed by atoms with van der Waals surface area (Å²) in [4.78, 5) is 2.15. The van der Waals surface area contributed by atoms with Gasteiger partial charge < -0.3 is 19.7 Å². The number of nitrogens with one attached hydrogen (secondary N) is 1. The summed E-state index contributed by atoms with van der Waals surface area (Å²) >= 11 is 5.45. The van der Waals surface area contributed by atoms with Crippen LogP contribution in [-0.2, 0) is 4.74 Å². The Kier molecular flexibility index (Phi) is 4.61. The lowest BCUT2D eigenvalue weighted by molar-refractivity contribution is -0.0473. The van der Waals surface area contributed by atoms with Crippen molar-refractivity contribution in [2.45, 2.75) is 26.1 Å². The van der Waals surface area contributed by atoms with Crippen molar-refractivity contribution in [3.8, 4) is 5.75 Å². The largest absolute Gasteiger partial charge is 0.497 e. The molecule has 0 spiro atoms. The maximum Gasteiger partial charge on any atom is 0.173 e. The highest BCUT2D eigenvalue weighted by Crippen LogP contribution is 2.17. The highest BCUT2D eigenvalue weighted by atomic mass is 32.1. The molecule has 4 nitrogen and oxygen atoms in total. The number of hydrogen-bond acceptors (Lipinski definition) is 3. The number of hydrogen-bond donors (Lipinski definition) is 1. The summed E-state index contributed by atoms with van der Waals surface area (Å²) in [6, 6.07) is 7.74. The van der Waals surface area contributed by atoms with E-state index in [0.29, 0.717) is 0 Å². The molecule has 0 bridgehead atoms. The van der Waals surface area contributed by atoms with Gasteiger partial charge in [-0.3, -0.25) is 0 Å². The first-order chi connectivity index (χ1) is 9.08. The third-order valence-electron chi connectivity index (χ3n) is 3.05. The van der Waals surface area contributed by atoms with Gasteiger partial charge in [-0.2, -0.15) is 0 Å². The zero-order chi connectivity index (χ0) is 13.8. The monoisotopic (exact) mass is 280 g/mol. The van der Waals surface area contributed by atoms with Crippen LogP contribution in [0.4, 0.5) is 5.69 Å². The first-order valence-corrected chi connectivity index (χ1v) is 6.84. The van der Waals surface area contributed by atoms with E-state index in [1.807, 2.05) is 24.3 Å². The average Bonchev–Trinajstić information content (AvgIpc) is 2.38. The number of benzene rings is 1. The summed E-state index contributed by atoms with van der Waals surface area (Å²) in [7, 11) is 1.66. The van der Waals surface area contributed by atoms with Gasteiger partial charge in [0.15, 0.2) is 5.11 Å². The molecule has 2 atom stereocenters. The number of nitrogens with zero attached hydrogens (tertiary/aromatic N) is 1. The number of rotatable bonds is 2. The summed E-state index contributed by atoms with van der Waals surface area (Å²) in [5.74, 6) is 0.838. The van der Waals surface area contributed by atoms with E-state index >= 15 is 0 Å². The molecule has 1 heterocycles. The molecule has 0 aromatic heterocycles. The number of methoxy groups -OCH3 is 1. The Bertz CT molecular complexity index is 426. The second-order valence-corrected chi connectivity index (χ2v) is 5.21. The van der Waals surface area contributed by atoms with Gasteiger partial charge in [-0.25, -0.2) is 0 Å². The number of anilines is 1. The van der Waals surface area contributed by atoms with E-state index < -0.39 is 0 Å². The van der Waals surface area contributed by atoms with Gasteiger partial charge in [-0.15, -0.1) is 0 Å². The molecule has 2 rings (SSSR count). The summed E-state index contributed by atoms with van der Waals surface area (Å²) in [5, 5.41) is 3.99. The minimum Gasteiger partial charge on any atom is -0.497 e. The van der Waals surface area contributed by atoms with Gasteiger partial charge in [0.1, 0.15) is 5.75 Å². The Morgan fingerprint density at radius 2 is 1.84 bits per heavy atom. The smallest absolute Gasteiger partial charge is 0.173 e. The predicted molar refractivity (Wildman–Crippen MR) is 80.8 cm³/mol. The lowest BCUT2D eigenvalue weighted by Gasteiger charge is -2.36. The normalized spacial score (nSPS) is 23.0. The summed E-state index contributed by atoms with van der Waals surface area (Å²) in [5.41, 5.74) is 0.970. The van der Waals surface area contributed by atoms with E-state index in [1.165, 1.54) is 0 Å². The van der Waals surface area contributed by atoms with E-state index in [1.54, 1.807) is 7.11 Å². The van der Waals surface area contributed by atoms with Crippen molar-refractivity contribution in [3.63, 3.8) is 0 Å². The summed E-state index contributed by atoms with van der Waals surface area (Å²) < 4.78 is 10.8. The molecular formula is C14H20N2O2S. The van der Waals surface area contributed by atoms with Crippen LogP contribution in [0.5, 0.6) is 5.75 Å². The third kappa shape index (κ3) is 3.81. The third-order valence-corrected chi connectivity index (χ3v) is 3.41. The van der Waals surface area contributed by atoms with Crippen molar-refractivity contribution in [3.05, 3.63) is 24.3 Å². The maximum atomic E-state index is 5.70. The minimum absolute atomic E-state index is 0.208. The lowest BCUT2D eigenvalue weighted by atomic mass is 10.2. The molecule has 19 heavy (non-hydrogen) atoms. The van der Waals surface area contributed by atoms with Gasteiger partial charge in [0.05, 0.1) is 19.3 Å². The van der Waals surface area contributed by atoms with Crippen molar-refractivity contribution in [2.75, 3.05) is 25.5 Å². The summed E-state index contributed by atoms with van der Waals surface area (Å²) in [6.45, 7) is 5.79. The van der Waals surface area contributed by atoms with Crippen LogP contribution >= 0.6 is 12.2 Å². The fraction of sp³-hybridized carbons (Fsp3) is 0.500. The van der Waals surface area contributed by atoms with Gasteiger partial charge >= 0.3 is 0 Å². The first kappa shape index (κ1) is 14.1. The first-order valence-electron chi connectivity index (χ1n) is 6.44. The fourth-order valence-corrected chi connectivity index (χ4v) is 2.49. The van der Waals surface area contributed by atoms with Crippen LogP contribution in [0.15, 0.2) is 24.3 Å². The lowest BCUT2D eigenvalue weighted by Crippen LogP contribution is -2.49. The SMILES string of the molecule is COc1ccc(NC(=S)N2C[C@H](C)O[C@@H](C)C2)cc1. The van der Waals surface area contributed by atoms with Crippen molar-refractivity contribution < 1.29 is 9.47 Å². The quantitative estimate of drug-likeness (QED) is 0.842. The van der Waals surface area contributed by atoms with Gasteiger partial charge in [-0.1, -0.05) is 0 Å². The fourth-order valence-electron chi connectivity index (χ4n) is 2.22. The molecule has 1 aliphatic rings. The Labute approximate surface area is 119 Å². The molecule has 1 aromatic carbocycles. The van der Waals surface area contributed by atoms with Crippen LogP contribution in [0.3, 0.4) is 0 Å². The molecule has 104 valence electrons. The molecule has 1 N–H and O–H groups in total. The van der Waals surface area contributed by atoms with Crippen LogP contribution in [0.25, 0.3) is 0 Å². The predicted octanol–water partition coefficient (Wildman–Crippen LogP) is 2.50. The average molecular weight is 280 g/mol. The minimum atomic E-state index is 0.208. The summed E-state index contributed by atoms with van der Waals surface area (Å²) in [6.07, 6.45) is 0.415. The Hall–Kier alpha value is -1.33. The van der Waals surface area contributed by atoms with Crippen LogP contribution in [-0.4, -0.2) is 42.4 Å². The second-order valence-electron chi connectivity index (χ2n) is 4.82. The Morgan fingerprint density at radius 3 is 2.37 bits per heavy atom. The van der Waals surface area contributed by atoms with Gasteiger partial charge in [0, 0.05) is 18.8 Å². The van der Waals surface area contributed by atoms with Crippen LogP contribution in [0.1, 0.15) is 13.8 Å². The number of thiocarbonyl (C=S) groups is 1. The highest BCUT2D eigenvalue weighted by molar-refractivity contribution is 7.80. The molecule has 1 aliphatic heterocycles. The molecular weight excluding hydrogens is 260 g/mol. The Balaban J connectivity index is 1.96. The topological polar surface area (TPSA) is 33.7 Å². The van der Waals surface area contributed by atoms with Crippen molar-refractivity contribution in [2.24, 2.45) is 0 Å². The Morgan fingerprint density at radius 1 is 1.26 bits per heavy atom. The molecule has 1 aromatic rings. The van der Waals surface area contributed by atoms with Crippen molar-refractivity contribution in [1.82, 2.24) is 4.90 Å². The van der Waals surface area contributed by atoms with Crippen molar-refractivity contribution in [1.29, 1.82) is 0 Å². The van der Waals surface area contributed by atoms with E-state index in [9.17, 15) is 0 Å². The van der Waals surface area contributed by atoms with Crippen LogP contribution in [0.2, 0.25) is 0 Å². The zero-order valence-corrected chi connectivity index (χ0v) is 12.4. The second kappa shape index (κ2) is 6.21.